The maximum atomic E-state index is 13.1. The van der Waals surface area contributed by atoms with Crippen LogP contribution in [0.15, 0.2) is 22.7 Å². The summed E-state index contributed by atoms with van der Waals surface area (Å²) in [7, 11) is 0. The molecule has 0 fully saturated rings. The lowest BCUT2D eigenvalue weighted by Crippen LogP contribution is -2.37. The normalized spacial score (nSPS) is 14.8. The second kappa shape index (κ2) is 7.25. The summed E-state index contributed by atoms with van der Waals surface area (Å²) in [5.41, 5.74) is 1.18. The van der Waals surface area contributed by atoms with Crippen LogP contribution in [0.1, 0.15) is 33.3 Å². The molecule has 0 aliphatic carbocycles. The van der Waals surface area contributed by atoms with Crippen molar-refractivity contribution in [1.29, 1.82) is 0 Å². The Balaban J connectivity index is 2.83. The summed E-state index contributed by atoms with van der Waals surface area (Å²) in [6.45, 7) is 9.83. The lowest BCUT2D eigenvalue weighted by atomic mass is 9.84. The minimum absolute atomic E-state index is 0.188. The topological polar surface area (TPSA) is 12.0 Å². The molecule has 0 saturated heterocycles. The van der Waals surface area contributed by atoms with Crippen LogP contribution in [0.5, 0.6) is 0 Å². The van der Waals surface area contributed by atoms with Gasteiger partial charge in [-0.25, -0.2) is 4.39 Å². The number of hydrogen-bond acceptors (Lipinski definition) is 1. The summed E-state index contributed by atoms with van der Waals surface area (Å²) < 4.78 is 14.0. The fraction of sp³-hybridized carbons (Fsp3) is 0.600. The third-order valence-corrected chi connectivity index (χ3v) is 4.23. The molecule has 18 heavy (non-hydrogen) atoms. The van der Waals surface area contributed by atoms with Crippen LogP contribution in [-0.4, -0.2) is 12.6 Å². The lowest BCUT2D eigenvalue weighted by Gasteiger charge is -2.28. The van der Waals surface area contributed by atoms with Gasteiger partial charge in [0.25, 0.3) is 0 Å². The molecule has 1 nitrogen and oxygen atoms in total. The standard InChI is InChI=1S/C15H23BrFN/c1-5-18-11(4)14(10(2)3)8-12-6-7-13(17)9-15(12)16/h6-7,9-11,14,18H,5,8H2,1-4H3. The zero-order valence-corrected chi connectivity index (χ0v) is 13.2. The van der Waals surface area contributed by atoms with E-state index in [-0.39, 0.29) is 5.82 Å². The Morgan fingerprint density at radius 1 is 1.28 bits per heavy atom. The average molecular weight is 316 g/mol. The Hall–Kier alpha value is -0.410. The van der Waals surface area contributed by atoms with E-state index in [4.69, 9.17) is 0 Å². The van der Waals surface area contributed by atoms with Gasteiger partial charge in [0.05, 0.1) is 0 Å². The summed E-state index contributed by atoms with van der Waals surface area (Å²) in [4.78, 5) is 0. The van der Waals surface area contributed by atoms with Crippen LogP contribution < -0.4 is 5.32 Å². The van der Waals surface area contributed by atoms with Gasteiger partial charge in [-0.15, -0.1) is 0 Å². The molecule has 0 saturated carbocycles. The van der Waals surface area contributed by atoms with Crippen molar-refractivity contribution in [2.75, 3.05) is 6.54 Å². The zero-order chi connectivity index (χ0) is 13.7. The number of rotatable bonds is 6. The summed E-state index contributed by atoms with van der Waals surface area (Å²) in [6.07, 6.45) is 0.965. The molecule has 2 unspecified atom stereocenters. The number of hydrogen-bond donors (Lipinski definition) is 1. The molecule has 1 aromatic rings. The third-order valence-electron chi connectivity index (χ3n) is 3.50. The quantitative estimate of drug-likeness (QED) is 0.820. The molecule has 102 valence electrons. The fourth-order valence-corrected chi connectivity index (χ4v) is 2.92. The van der Waals surface area contributed by atoms with Crippen molar-refractivity contribution in [3.8, 4) is 0 Å². The molecular weight excluding hydrogens is 293 g/mol. The molecule has 0 aliphatic heterocycles. The number of nitrogens with one attached hydrogen (secondary N) is 1. The van der Waals surface area contributed by atoms with Crippen molar-refractivity contribution in [2.45, 2.75) is 40.2 Å². The van der Waals surface area contributed by atoms with Crippen LogP contribution in [0.4, 0.5) is 4.39 Å². The van der Waals surface area contributed by atoms with Crippen molar-refractivity contribution in [3.05, 3.63) is 34.1 Å². The van der Waals surface area contributed by atoms with E-state index in [9.17, 15) is 4.39 Å². The van der Waals surface area contributed by atoms with Gasteiger partial charge in [0.15, 0.2) is 0 Å². The number of halogens is 2. The Bertz CT molecular complexity index is 379. The molecule has 0 amide bonds. The second-order valence-electron chi connectivity index (χ2n) is 5.19. The van der Waals surface area contributed by atoms with Crippen molar-refractivity contribution in [1.82, 2.24) is 5.32 Å². The highest BCUT2D eigenvalue weighted by atomic mass is 79.9. The largest absolute Gasteiger partial charge is 0.314 e. The van der Waals surface area contributed by atoms with Gasteiger partial charge < -0.3 is 5.32 Å². The number of benzene rings is 1. The molecule has 0 heterocycles. The van der Waals surface area contributed by atoms with Gasteiger partial charge in [-0.1, -0.05) is 42.8 Å². The molecular formula is C15H23BrFN. The molecule has 1 N–H and O–H groups in total. The van der Waals surface area contributed by atoms with E-state index in [0.29, 0.717) is 17.9 Å². The second-order valence-corrected chi connectivity index (χ2v) is 6.05. The summed E-state index contributed by atoms with van der Waals surface area (Å²) in [5.74, 6) is 0.953. The first-order valence-electron chi connectivity index (χ1n) is 6.63. The van der Waals surface area contributed by atoms with Gasteiger partial charge in [0.1, 0.15) is 5.82 Å². The van der Waals surface area contributed by atoms with E-state index in [0.717, 1.165) is 17.4 Å². The Labute approximate surface area is 118 Å². The van der Waals surface area contributed by atoms with Crippen molar-refractivity contribution in [3.63, 3.8) is 0 Å². The molecule has 3 heteroatoms. The van der Waals surface area contributed by atoms with Gasteiger partial charge in [0, 0.05) is 10.5 Å². The van der Waals surface area contributed by atoms with E-state index < -0.39 is 0 Å². The summed E-state index contributed by atoms with van der Waals surface area (Å²) in [6, 6.07) is 5.43. The third kappa shape index (κ3) is 4.36. The molecule has 2 atom stereocenters. The monoisotopic (exact) mass is 315 g/mol. The van der Waals surface area contributed by atoms with E-state index in [1.165, 1.54) is 11.6 Å². The van der Waals surface area contributed by atoms with Crippen LogP contribution >= 0.6 is 15.9 Å². The summed E-state index contributed by atoms with van der Waals surface area (Å²) >= 11 is 3.45. The van der Waals surface area contributed by atoms with Gasteiger partial charge in [-0.05, 0) is 49.4 Å². The van der Waals surface area contributed by atoms with E-state index in [1.54, 1.807) is 6.07 Å². The molecule has 0 aromatic heterocycles. The van der Waals surface area contributed by atoms with Crippen LogP contribution in [0, 0.1) is 17.7 Å². The lowest BCUT2D eigenvalue weighted by molar-refractivity contribution is 0.291. The van der Waals surface area contributed by atoms with Crippen LogP contribution in [0.2, 0.25) is 0 Å². The molecule has 1 aromatic carbocycles. The van der Waals surface area contributed by atoms with Crippen LogP contribution in [0.25, 0.3) is 0 Å². The van der Waals surface area contributed by atoms with Crippen molar-refractivity contribution >= 4 is 15.9 Å². The fourth-order valence-electron chi connectivity index (χ4n) is 2.40. The maximum Gasteiger partial charge on any atom is 0.124 e. The molecule has 0 bridgehead atoms. The Morgan fingerprint density at radius 2 is 1.94 bits per heavy atom. The highest BCUT2D eigenvalue weighted by molar-refractivity contribution is 9.10. The molecule has 0 spiro atoms. The van der Waals surface area contributed by atoms with Gasteiger partial charge in [-0.3, -0.25) is 0 Å². The zero-order valence-electron chi connectivity index (χ0n) is 11.6. The van der Waals surface area contributed by atoms with Gasteiger partial charge >= 0.3 is 0 Å². The van der Waals surface area contributed by atoms with Crippen molar-refractivity contribution < 1.29 is 4.39 Å². The first-order chi connectivity index (χ1) is 8.45. The van der Waals surface area contributed by atoms with E-state index >= 15 is 0 Å². The highest BCUT2D eigenvalue weighted by Gasteiger charge is 2.21. The van der Waals surface area contributed by atoms with E-state index in [1.807, 2.05) is 6.07 Å². The van der Waals surface area contributed by atoms with Crippen LogP contribution in [0.3, 0.4) is 0 Å². The average Bonchev–Trinajstić information content (AvgIpc) is 2.27. The predicted molar refractivity (Wildman–Crippen MR) is 79.3 cm³/mol. The SMILES string of the molecule is CCNC(C)C(Cc1ccc(F)cc1Br)C(C)C. The summed E-state index contributed by atoms with van der Waals surface area (Å²) in [5, 5.41) is 3.49. The first-order valence-corrected chi connectivity index (χ1v) is 7.42. The van der Waals surface area contributed by atoms with Crippen LogP contribution in [-0.2, 0) is 6.42 Å². The highest BCUT2D eigenvalue weighted by Crippen LogP contribution is 2.26. The van der Waals surface area contributed by atoms with Gasteiger partial charge in [0.2, 0.25) is 0 Å². The predicted octanol–water partition coefficient (Wildman–Crippen LogP) is 4.40. The Kier molecular flexibility index (Phi) is 6.30. The minimum Gasteiger partial charge on any atom is -0.314 e. The van der Waals surface area contributed by atoms with Gasteiger partial charge in [-0.2, -0.15) is 0 Å². The van der Waals surface area contributed by atoms with Crippen molar-refractivity contribution in [2.24, 2.45) is 11.8 Å². The smallest absolute Gasteiger partial charge is 0.124 e. The first kappa shape index (κ1) is 15.6. The maximum absolute atomic E-state index is 13.1. The molecule has 0 radical (unpaired) electrons. The molecule has 0 aliphatic rings. The Morgan fingerprint density at radius 3 is 2.44 bits per heavy atom. The molecule has 1 rings (SSSR count). The van der Waals surface area contributed by atoms with E-state index in [2.05, 4.69) is 48.9 Å². The minimum atomic E-state index is -0.188.